The Kier molecular flexibility index (Phi) is 2.44. The molecular formula is C11H10N2O3. The first-order chi connectivity index (χ1) is 7.63. The van der Waals surface area contributed by atoms with Crippen molar-refractivity contribution in [3.63, 3.8) is 0 Å². The monoisotopic (exact) mass is 218 g/mol. The van der Waals surface area contributed by atoms with E-state index >= 15 is 0 Å². The van der Waals surface area contributed by atoms with E-state index in [1.807, 2.05) is 0 Å². The van der Waals surface area contributed by atoms with Crippen molar-refractivity contribution in [2.75, 3.05) is 0 Å². The number of nitrogens with zero attached hydrogens (tertiary/aromatic N) is 2. The first-order valence-corrected chi connectivity index (χ1v) is 4.75. The van der Waals surface area contributed by atoms with Crippen LogP contribution in [0.4, 0.5) is 0 Å². The molecule has 0 spiro atoms. The van der Waals surface area contributed by atoms with Crippen LogP contribution in [0.3, 0.4) is 0 Å². The fraction of sp³-hybridized carbons (Fsp3) is 0.182. The zero-order chi connectivity index (χ0) is 11.7. The summed E-state index contributed by atoms with van der Waals surface area (Å²) in [6.45, 7) is 5.59. The van der Waals surface area contributed by atoms with Gasteiger partial charge in [-0.15, -0.1) is 6.58 Å². The summed E-state index contributed by atoms with van der Waals surface area (Å²) < 4.78 is 5.85. The molecule has 0 bridgehead atoms. The second-order valence-corrected chi connectivity index (χ2v) is 3.38. The van der Waals surface area contributed by atoms with Gasteiger partial charge in [0.1, 0.15) is 5.39 Å². The molecule has 0 saturated heterocycles. The van der Waals surface area contributed by atoms with Crippen LogP contribution in [-0.2, 0) is 6.54 Å². The highest BCUT2D eigenvalue weighted by atomic mass is 16.4. The molecule has 5 nitrogen and oxygen atoms in total. The maximum absolute atomic E-state index is 11.5. The Balaban J connectivity index is 2.97. The van der Waals surface area contributed by atoms with Crippen molar-refractivity contribution in [2.24, 2.45) is 0 Å². The Morgan fingerprint density at radius 3 is 2.94 bits per heavy atom. The summed E-state index contributed by atoms with van der Waals surface area (Å²) in [6.07, 6.45) is 1.55. The minimum Gasteiger partial charge on any atom is -0.372 e. The molecule has 0 saturated carbocycles. The van der Waals surface area contributed by atoms with E-state index in [0.29, 0.717) is 11.0 Å². The summed E-state index contributed by atoms with van der Waals surface area (Å²) in [5, 5.41) is 0.298. The quantitative estimate of drug-likeness (QED) is 0.701. The van der Waals surface area contributed by atoms with Crippen molar-refractivity contribution in [2.45, 2.75) is 13.5 Å². The van der Waals surface area contributed by atoms with Crippen molar-refractivity contribution in [3.8, 4) is 0 Å². The van der Waals surface area contributed by atoms with Gasteiger partial charge in [0.15, 0.2) is 5.65 Å². The molecule has 0 unspecified atom stereocenters. The summed E-state index contributed by atoms with van der Waals surface area (Å²) >= 11 is 0. The zero-order valence-corrected chi connectivity index (χ0v) is 8.77. The average molecular weight is 218 g/mol. The van der Waals surface area contributed by atoms with Crippen LogP contribution in [-0.4, -0.2) is 9.55 Å². The summed E-state index contributed by atoms with van der Waals surface area (Å²) in [4.78, 5) is 27.1. The maximum atomic E-state index is 11.5. The molecule has 0 aliphatic carbocycles. The molecule has 2 aromatic heterocycles. The minimum atomic E-state index is -0.712. The third-order valence-electron chi connectivity index (χ3n) is 2.20. The van der Waals surface area contributed by atoms with Gasteiger partial charge in [-0.1, -0.05) is 6.08 Å². The highest BCUT2D eigenvalue weighted by Gasteiger charge is 2.09. The summed E-state index contributed by atoms with van der Waals surface area (Å²) in [5.74, 6) is -0.712. The lowest BCUT2D eigenvalue weighted by Crippen LogP contribution is -2.25. The van der Waals surface area contributed by atoms with Crippen molar-refractivity contribution in [1.82, 2.24) is 9.55 Å². The zero-order valence-electron chi connectivity index (χ0n) is 8.77. The molecule has 0 aromatic carbocycles. The lowest BCUT2D eigenvalue weighted by Gasteiger charge is -2.04. The molecule has 2 aromatic rings. The van der Waals surface area contributed by atoms with E-state index in [1.165, 1.54) is 4.57 Å². The van der Waals surface area contributed by atoms with Crippen LogP contribution in [0.25, 0.3) is 11.0 Å². The maximum Gasteiger partial charge on any atom is 0.423 e. The average Bonchev–Trinajstić information content (AvgIpc) is 2.23. The van der Waals surface area contributed by atoms with Gasteiger partial charge in [-0.05, 0) is 19.1 Å². The number of pyridine rings is 1. The molecule has 0 fully saturated rings. The molecule has 2 rings (SSSR count). The predicted octanol–water partition coefficient (Wildman–Crippen LogP) is 0.844. The molecule has 0 amide bonds. The Bertz CT molecular complexity index is 667. The van der Waals surface area contributed by atoms with E-state index in [4.69, 9.17) is 0 Å². The van der Waals surface area contributed by atoms with Gasteiger partial charge in [-0.3, -0.25) is 4.57 Å². The third-order valence-corrected chi connectivity index (χ3v) is 2.20. The van der Waals surface area contributed by atoms with Crippen molar-refractivity contribution in [1.29, 1.82) is 0 Å². The first-order valence-electron chi connectivity index (χ1n) is 4.75. The Hall–Kier alpha value is -2.17. The van der Waals surface area contributed by atoms with Crippen LogP contribution in [0.5, 0.6) is 0 Å². The van der Waals surface area contributed by atoms with E-state index < -0.39 is 11.4 Å². The lowest BCUT2D eigenvalue weighted by atomic mass is 10.3. The van der Waals surface area contributed by atoms with Gasteiger partial charge in [0.05, 0.1) is 0 Å². The van der Waals surface area contributed by atoms with E-state index in [2.05, 4.69) is 16.0 Å². The Morgan fingerprint density at radius 2 is 2.25 bits per heavy atom. The topological polar surface area (TPSA) is 65.1 Å². The Labute approximate surface area is 90.7 Å². The molecule has 2 heterocycles. The molecule has 16 heavy (non-hydrogen) atoms. The summed E-state index contributed by atoms with van der Waals surface area (Å²) in [6, 6.07) is 3.30. The van der Waals surface area contributed by atoms with Crippen LogP contribution < -0.4 is 11.4 Å². The largest absolute Gasteiger partial charge is 0.423 e. The number of hydrogen-bond donors (Lipinski definition) is 0. The second-order valence-electron chi connectivity index (χ2n) is 3.38. The van der Waals surface area contributed by atoms with Gasteiger partial charge < -0.3 is 4.42 Å². The van der Waals surface area contributed by atoms with Crippen LogP contribution in [0.15, 0.2) is 38.8 Å². The predicted molar refractivity (Wildman–Crippen MR) is 59.5 cm³/mol. The molecular weight excluding hydrogens is 208 g/mol. The lowest BCUT2D eigenvalue weighted by molar-refractivity contribution is 0.424. The number of hydrogen-bond acceptors (Lipinski definition) is 4. The minimum absolute atomic E-state index is 0.259. The standard InChI is InChI=1S/C11H10N2O3/c1-3-6-13-9-8(5-4-7(2)12-9)10(14)16-11(13)15/h3-5H,1,6H2,2H3. The van der Waals surface area contributed by atoms with E-state index in [0.717, 1.165) is 5.69 Å². The van der Waals surface area contributed by atoms with Crippen molar-refractivity contribution >= 4 is 11.0 Å². The molecule has 0 atom stereocenters. The molecule has 0 aliphatic rings. The van der Waals surface area contributed by atoms with Crippen molar-refractivity contribution < 1.29 is 4.42 Å². The van der Waals surface area contributed by atoms with Crippen molar-refractivity contribution in [3.05, 3.63) is 51.5 Å². The van der Waals surface area contributed by atoms with Crippen LogP contribution in [0.1, 0.15) is 5.69 Å². The third kappa shape index (κ3) is 1.56. The molecule has 5 heteroatoms. The van der Waals surface area contributed by atoms with Gasteiger partial charge in [0.2, 0.25) is 0 Å². The SMILES string of the molecule is C=CCn1c(=O)oc(=O)c2ccc(C)nc21. The molecule has 0 N–H and O–H groups in total. The molecule has 0 aliphatic heterocycles. The number of aryl methyl sites for hydroxylation is 1. The fourth-order valence-electron chi connectivity index (χ4n) is 1.47. The molecule has 82 valence electrons. The van der Waals surface area contributed by atoms with Crippen LogP contribution in [0.2, 0.25) is 0 Å². The summed E-state index contributed by atoms with van der Waals surface area (Å²) in [5.41, 5.74) is 0.407. The first kappa shape index (κ1) is 10.4. The molecule has 0 radical (unpaired) electrons. The van der Waals surface area contributed by atoms with Gasteiger partial charge in [0.25, 0.3) is 0 Å². The second kappa shape index (κ2) is 3.77. The van der Waals surface area contributed by atoms with Gasteiger partial charge in [-0.2, -0.15) is 0 Å². The number of aromatic nitrogens is 2. The van der Waals surface area contributed by atoms with E-state index in [1.54, 1.807) is 25.1 Å². The number of rotatable bonds is 2. The van der Waals surface area contributed by atoms with Gasteiger partial charge in [0, 0.05) is 12.2 Å². The van der Waals surface area contributed by atoms with Gasteiger partial charge >= 0.3 is 11.4 Å². The Morgan fingerprint density at radius 1 is 1.50 bits per heavy atom. The van der Waals surface area contributed by atoms with E-state index in [9.17, 15) is 9.59 Å². The normalized spacial score (nSPS) is 10.6. The highest BCUT2D eigenvalue weighted by molar-refractivity contribution is 5.73. The van der Waals surface area contributed by atoms with Crippen LogP contribution >= 0.6 is 0 Å². The number of allylic oxidation sites excluding steroid dienone is 1. The van der Waals surface area contributed by atoms with Gasteiger partial charge in [-0.25, -0.2) is 14.6 Å². The van der Waals surface area contributed by atoms with Crippen LogP contribution in [0, 0.1) is 6.92 Å². The smallest absolute Gasteiger partial charge is 0.372 e. The number of fused-ring (bicyclic) bond motifs is 1. The summed E-state index contributed by atoms with van der Waals surface area (Å²) in [7, 11) is 0. The van der Waals surface area contributed by atoms with E-state index in [-0.39, 0.29) is 6.54 Å². The highest BCUT2D eigenvalue weighted by Crippen LogP contribution is 2.06. The fourth-order valence-corrected chi connectivity index (χ4v) is 1.47.